The van der Waals surface area contributed by atoms with Gasteiger partial charge in [-0.1, -0.05) is 18.9 Å². The molecule has 17 heavy (non-hydrogen) atoms. The maximum atomic E-state index is 4.41. The summed E-state index contributed by atoms with van der Waals surface area (Å²) in [6.45, 7) is 4.04. The lowest BCUT2D eigenvalue weighted by molar-refractivity contribution is 0.237. The van der Waals surface area contributed by atoms with Gasteiger partial charge in [0.2, 0.25) is 0 Å². The molecule has 0 spiro atoms. The van der Waals surface area contributed by atoms with Crippen molar-refractivity contribution >= 4 is 5.82 Å². The van der Waals surface area contributed by atoms with E-state index in [4.69, 9.17) is 0 Å². The summed E-state index contributed by atoms with van der Waals surface area (Å²) in [5, 5.41) is 3.33. The minimum atomic E-state index is 0.768. The molecule has 2 rings (SSSR count). The van der Waals surface area contributed by atoms with Crippen LogP contribution < -0.4 is 5.32 Å². The number of nitrogens with one attached hydrogen (secondary N) is 1. The van der Waals surface area contributed by atoms with E-state index < -0.39 is 0 Å². The van der Waals surface area contributed by atoms with Gasteiger partial charge in [0, 0.05) is 30.9 Å². The number of aromatic nitrogens is 1. The standard InChI is InChI=1S/C14H23N3/c1-3-15-14-12(7-6-10-16-14)11-17(2)13-8-4-5-9-13/h6-7,10,13H,3-5,8-9,11H2,1-2H3,(H,15,16). The summed E-state index contributed by atoms with van der Waals surface area (Å²) < 4.78 is 0. The third-order valence-corrected chi connectivity index (χ3v) is 3.60. The Bertz CT molecular complexity index is 345. The predicted octanol–water partition coefficient (Wildman–Crippen LogP) is 2.89. The van der Waals surface area contributed by atoms with Gasteiger partial charge in [0.15, 0.2) is 0 Å². The van der Waals surface area contributed by atoms with Gasteiger partial charge in [-0.25, -0.2) is 4.98 Å². The molecule has 0 atom stereocenters. The van der Waals surface area contributed by atoms with Crippen molar-refractivity contribution in [3.63, 3.8) is 0 Å². The number of hydrogen-bond donors (Lipinski definition) is 1. The Balaban J connectivity index is 2.01. The van der Waals surface area contributed by atoms with E-state index in [1.807, 2.05) is 12.3 Å². The number of nitrogens with zero attached hydrogens (tertiary/aromatic N) is 2. The Morgan fingerprint density at radius 1 is 1.41 bits per heavy atom. The maximum Gasteiger partial charge on any atom is 0.130 e. The van der Waals surface area contributed by atoms with Crippen molar-refractivity contribution in [2.24, 2.45) is 0 Å². The Labute approximate surface area is 104 Å². The van der Waals surface area contributed by atoms with Gasteiger partial charge >= 0.3 is 0 Å². The molecule has 0 aromatic carbocycles. The lowest BCUT2D eigenvalue weighted by Crippen LogP contribution is -2.29. The summed E-state index contributed by atoms with van der Waals surface area (Å²) in [4.78, 5) is 6.89. The Morgan fingerprint density at radius 2 is 2.18 bits per heavy atom. The van der Waals surface area contributed by atoms with Gasteiger partial charge in [0.05, 0.1) is 0 Å². The highest BCUT2D eigenvalue weighted by Gasteiger charge is 2.20. The molecule has 94 valence electrons. The second-order valence-corrected chi connectivity index (χ2v) is 4.89. The number of rotatable bonds is 5. The lowest BCUT2D eigenvalue weighted by Gasteiger charge is -2.24. The average Bonchev–Trinajstić information content (AvgIpc) is 2.85. The zero-order valence-corrected chi connectivity index (χ0v) is 10.9. The van der Waals surface area contributed by atoms with Crippen molar-refractivity contribution < 1.29 is 0 Å². The second kappa shape index (κ2) is 6.01. The fourth-order valence-electron chi connectivity index (χ4n) is 2.64. The molecule has 1 aliphatic carbocycles. The van der Waals surface area contributed by atoms with Crippen LogP contribution in [0.25, 0.3) is 0 Å². The predicted molar refractivity (Wildman–Crippen MR) is 72.1 cm³/mol. The molecular formula is C14H23N3. The molecule has 0 aliphatic heterocycles. The largest absolute Gasteiger partial charge is 0.370 e. The van der Waals surface area contributed by atoms with Gasteiger partial charge < -0.3 is 5.32 Å². The first kappa shape index (κ1) is 12.4. The van der Waals surface area contributed by atoms with Crippen LogP contribution in [0, 0.1) is 0 Å². The smallest absolute Gasteiger partial charge is 0.130 e. The van der Waals surface area contributed by atoms with E-state index in [1.165, 1.54) is 31.2 Å². The third kappa shape index (κ3) is 3.19. The zero-order valence-electron chi connectivity index (χ0n) is 10.9. The topological polar surface area (TPSA) is 28.2 Å². The first-order chi connectivity index (χ1) is 8.31. The molecule has 0 saturated heterocycles. The molecule has 1 aromatic heterocycles. The van der Waals surface area contributed by atoms with Gasteiger partial charge in [-0.15, -0.1) is 0 Å². The average molecular weight is 233 g/mol. The number of pyridine rings is 1. The van der Waals surface area contributed by atoms with E-state index in [1.54, 1.807) is 0 Å². The highest BCUT2D eigenvalue weighted by atomic mass is 15.1. The first-order valence-electron chi connectivity index (χ1n) is 6.69. The molecule has 0 bridgehead atoms. The van der Waals surface area contributed by atoms with Crippen LogP contribution >= 0.6 is 0 Å². The molecule has 1 saturated carbocycles. The van der Waals surface area contributed by atoms with Gasteiger partial charge in [0.1, 0.15) is 5.82 Å². The summed E-state index contributed by atoms with van der Waals surface area (Å²) in [5.41, 5.74) is 1.31. The minimum Gasteiger partial charge on any atom is -0.370 e. The number of hydrogen-bond acceptors (Lipinski definition) is 3. The highest BCUT2D eigenvalue weighted by Crippen LogP contribution is 2.24. The monoisotopic (exact) mass is 233 g/mol. The molecule has 1 aromatic rings. The van der Waals surface area contributed by atoms with Crippen LogP contribution in [-0.2, 0) is 6.54 Å². The molecule has 1 heterocycles. The van der Waals surface area contributed by atoms with E-state index in [-0.39, 0.29) is 0 Å². The number of anilines is 1. The summed E-state index contributed by atoms with van der Waals surface area (Å²) in [7, 11) is 2.23. The fraction of sp³-hybridized carbons (Fsp3) is 0.643. The van der Waals surface area contributed by atoms with Gasteiger partial charge in [0.25, 0.3) is 0 Å². The van der Waals surface area contributed by atoms with Crippen LogP contribution in [-0.4, -0.2) is 29.5 Å². The van der Waals surface area contributed by atoms with Crippen LogP contribution in [0.5, 0.6) is 0 Å². The quantitative estimate of drug-likeness (QED) is 0.847. The molecule has 1 fully saturated rings. The van der Waals surface area contributed by atoms with E-state index in [9.17, 15) is 0 Å². The van der Waals surface area contributed by atoms with Crippen molar-refractivity contribution in [3.8, 4) is 0 Å². The summed E-state index contributed by atoms with van der Waals surface area (Å²) >= 11 is 0. The zero-order chi connectivity index (χ0) is 12.1. The van der Waals surface area contributed by atoms with E-state index in [0.29, 0.717) is 0 Å². The summed E-state index contributed by atoms with van der Waals surface area (Å²) in [6, 6.07) is 4.97. The molecule has 0 amide bonds. The lowest BCUT2D eigenvalue weighted by atomic mass is 10.2. The van der Waals surface area contributed by atoms with Crippen molar-refractivity contribution in [1.82, 2.24) is 9.88 Å². The summed E-state index contributed by atoms with van der Waals surface area (Å²) in [5.74, 6) is 1.04. The van der Waals surface area contributed by atoms with Gasteiger partial charge in [-0.2, -0.15) is 0 Å². The molecular weight excluding hydrogens is 210 g/mol. The van der Waals surface area contributed by atoms with E-state index in [0.717, 1.165) is 24.9 Å². The van der Waals surface area contributed by atoms with E-state index in [2.05, 4.69) is 35.2 Å². The normalized spacial score (nSPS) is 16.6. The Hall–Kier alpha value is -1.09. The van der Waals surface area contributed by atoms with Crippen molar-refractivity contribution in [3.05, 3.63) is 23.9 Å². The first-order valence-corrected chi connectivity index (χ1v) is 6.69. The minimum absolute atomic E-state index is 0.768. The van der Waals surface area contributed by atoms with Crippen LogP contribution in [0.4, 0.5) is 5.82 Å². The highest BCUT2D eigenvalue weighted by molar-refractivity contribution is 5.43. The molecule has 0 radical (unpaired) electrons. The summed E-state index contributed by atoms with van der Waals surface area (Å²) in [6.07, 6.45) is 7.35. The van der Waals surface area contributed by atoms with Crippen LogP contribution in [0.15, 0.2) is 18.3 Å². The van der Waals surface area contributed by atoms with Crippen LogP contribution in [0.2, 0.25) is 0 Å². The maximum absolute atomic E-state index is 4.41. The Kier molecular flexibility index (Phi) is 4.37. The van der Waals surface area contributed by atoms with Crippen LogP contribution in [0.3, 0.4) is 0 Å². The van der Waals surface area contributed by atoms with Crippen molar-refractivity contribution in [1.29, 1.82) is 0 Å². The molecule has 1 N–H and O–H groups in total. The van der Waals surface area contributed by atoms with Gasteiger partial charge in [-0.3, -0.25) is 4.90 Å². The van der Waals surface area contributed by atoms with Crippen LogP contribution in [0.1, 0.15) is 38.2 Å². The second-order valence-electron chi connectivity index (χ2n) is 4.89. The Morgan fingerprint density at radius 3 is 2.88 bits per heavy atom. The van der Waals surface area contributed by atoms with Gasteiger partial charge in [-0.05, 0) is 32.9 Å². The molecule has 3 nitrogen and oxygen atoms in total. The molecule has 0 unspecified atom stereocenters. The molecule has 3 heteroatoms. The van der Waals surface area contributed by atoms with E-state index >= 15 is 0 Å². The SMILES string of the molecule is CCNc1ncccc1CN(C)C1CCCC1. The van der Waals surface area contributed by atoms with Crippen molar-refractivity contribution in [2.45, 2.75) is 45.2 Å². The third-order valence-electron chi connectivity index (χ3n) is 3.60. The fourth-order valence-corrected chi connectivity index (χ4v) is 2.64. The van der Waals surface area contributed by atoms with Crippen molar-refractivity contribution in [2.75, 3.05) is 18.9 Å². The molecule has 1 aliphatic rings.